The zero-order valence-electron chi connectivity index (χ0n) is 14.4. The maximum absolute atomic E-state index is 12.1. The topological polar surface area (TPSA) is 98.5 Å². The van der Waals surface area contributed by atoms with Crippen LogP contribution in [0.1, 0.15) is 29.1 Å². The summed E-state index contributed by atoms with van der Waals surface area (Å²) in [6, 6.07) is 9.79. The number of furan rings is 1. The number of carbonyl (C=O) groups is 1. The summed E-state index contributed by atoms with van der Waals surface area (Å²) in [7, 11) is -3.76. The first kappa shape index (κ1) is 19.1. The van der Waals surface area contributed by atoms with Gasteiger partial charge in [0.15, 0.2) is 0 Å². The number of benzene rings is 1. The standard InChI is InChI=1S/C18H15ClN2O5S2/c19-14-4-2-1-3-13(14)17-20-12(10-27-17)9-25-18(22)15-7-8-16(26-15)28(23,24)21-11-5-6-11/h1-4,7-8,10-11,21H,5-6,9H2. The molecule has 1 aliphatic rings. The van der Waals surface area contributed by atoms with E-state index in [1.807, 2.05) is 18.2 Å². The first-order valence-electron chi connectivity index (χ1n) is 8.41. The molecule has 1 saturated carbocycles. The molecule has 0 bridgehead atoms. The lowest BCUT2D eigenvalue weighted by Crippen LogP contribution is -2.25. The van der Waals surface area contributed by atoms with E-state index >= 15 is 0 Å². The van der Waals surface area contributed by atoms with E-state index in [1.54, 1.807) is 11.4 Å². The highest BCUT2D eigenvalue weighted by Gasteiger charge is 2.30. The van der Waals surface area contributed by atoms with Crippen LogP contribution in [0.5, 0.6) is 0 Å². The molecule has 0 unspecified atom stereocenters. The smallest absolute Gasteiger partial charge is 0.374 e. The molecule has 0 radical (unpaired) electrons. The minimum Gasteiger partial charge on any atom is -0.453 e. The molecule has 1 aromatic carbocycles. The Hall–Kier alpha value is -2.20. The molecule has 0 aliphatic heterocycles. The number of hydrogen-bond acceptors (Lipinski definition) is 7. The van der Waals surface area contributed by atoms with Crippen molar-refractivity contribution in [2.45, 2.75) is 30.6 Å². The lowest BCUT2D eigenvalue weighted by atomic mass is 10.2. The minimum atomic E-state index is -3.76. The Kier molecular flexibility index (Phi) is 5.24. The summed E-state index contributed by atoms with van der Waals surface area (Å²) in [5.74, 6) is -0.946. The summed E-state index contributed by atoms with van der Waals surface area (Å²) >= 11 is 7.55. The van der Waals surface area contributed by atoms with E-state index < -0.39 is 16.0 Å². The molecular formula is C18H15ClN2O5S2. The SMILES string of the molecule is O=C(OCc1csc(-c2ccccc2Cl)n1)c1ccc(S(=O)(=O)NC2CC2)o1. The third-order valence-corrected chi connectivity index (χ3v) is 6.60. The number of thiazole rings is 1. The molecule has 0 amide bonds. The summed E-state index contributed by atoms with van der Waals surface area (Å²) in [6.45, 7) is -0.0666. The zero-order valence-corrected chi connectivity index (χ0v) is 16.8. The second kappa shape index (κ2) is 7.67. The van der Waals surface area contributed by atoms with Gasteiger partial charge in [0.25, 0.3) is 10.0 Å². The summed E-state index contributed by atoms with van der Waals surface area (Å²) < 4.78 is 37.0. The Labute approximate surface area is 170 Å². The van der Waals surface area contributed by atoms with Gasteiger partial charge in [-0.15, -0.1) is 11.3 Å². The molecule has 1 N–H and O–H groups in total. The number of nitrogens with one attached hydrogen (secondary N) is 1. The van der Waals surface area contributed by atoms with Gasteiger partial charge in [-0.25, -0.2) is 22.9 Å². The van der Waals surface area contributed by atoms with Gasteiger partial charge in [0, 0.05) is 17.0 Å². The summed E-state index contributed by atoms with van der Waals surface area (Å²) in [5.41, 5.74) is 1.36. The first-order chi connectivity index (χ1) is 13.4. The van der Waals surface area contributed by atoms with Crippen molar-refractivity contribution in [2.75, 3.05) is 0 Å². The van der Waals surface area contributed by atoms with Crippen LogP contribution in [0.3, 0.4) is 0 Å². The fraction of sp³-hybridized carbons (Fsp3) is 0.222. The van der Waals surface area contributed by atoms with Crippen LogP contribution in [0.2, 0.25) is 5.02 Å². The number of esters is 1. The van der Waals surface area contributed by atoms with Gasteiger partial charge in [0.1, 0.15) is 11.6 Å². The molecule has 10 heteroatoms. The number of nitrogens with zero attached hydrogens (tertiary/aromatic N) is 1. The Balaban J connectivity index is 1.39. The molecule has 3 aromatic rings. The second-order valence-electron chi connectivity index (χ2n) is 6.21. The van der Waals surface area contributed by atoms with Crippen molar-refractivity contribution in [1.82, 2.24) is 9.71 Å². The molecule has 0 spiro atoms. The van der Waals surface area contributed by atoms with E-state index in [1.165, 1.54) is 23.5 Å². The maximum Gasteiger partial charge on any atom is 0.374 e. The molecule has 1 fully saturated rings. The predicted molar refractivity (Wildman–Crippen MR) is 104 cm³/mol. The van der Waals surface area contributed by atoms with Crippen molar-refractivity contribution in [1.29, 1.82) is 0 Å². The molecule has 1 aliphatic carbocycles. The third kappa shape index (κ3) is 4.27. The van der Waals surface area contributed by atoms with Gasteiger partial charge >= 0.3 is 5.97 Å². The van der Waals surface area contributed by atoms with Gasteiger partial charge in [-0.1, -0.05) is 29.8 Å². The maximum atomic E-state index is 12.1. The van der Waals surface area contributed by atoms with Crippen molar-refractivity contribution < 1.29 is 22.4 Å². The van der Waals surface area contributed by atoms with Crippen molar-refractivity contribution >= 4 is 38.9 Å². The average Bonchev–Trinajstić information content (AvgIpc) is 3.14. The van der Waals surface area contributed by atoms with Gasteiger partial charge in [-0.05, 0) is 31.0 Å². The summed E-state index contributed by atoms with van der Waals surface area (Å²) in [6.07, 6.45) is 1.61. The number of halogens is 1. The van der Waals surface area contributed by atoms with Crippen LogP contribution in [-0.4, -0.2) is 25.4 Å². The lowest BCUT2D eigenvalue weighted by Gasteiger charge is -2.02. The number of hydrogen-bond donors (Lipinski definition) is 1. The van der Waals surface area contributed by atoms with Crippen LogP contribution in [-0.2, 0) is 21.4 Å². The summed E-state index contributed by atoms with van der Waals surface area (Å²) in [4.78, 5) is 16.6. The Morgan fingerprint density at radius 3 is 2.82 bits per heavy atom. The molecule has 7 nitrogen and oxygen atoms in total. The van der Waals surface area contributed by atoms with Gasteiger partial charge in [0.2, 0.25) is 10.9 Å². The molecule has 2 heterocycles. The molecule has 2 aromatic heterocycles. The average molecular weight is 439 g/mol. The largest absolute Gasteiger partial charge is 0.453 e. The summed E-state index contributed by atoms with van der Waals surface area (Å²) in [5, 5.41) is 2.77. The van der Waals surface area contributed by atoms with Crippen LogP contribution in [0, 0.1) is 0 Å². The van der Waals surface area contributed by atoms with Crippen LogP contribution in [0.25, 0.3) is 10.6 Å². The van der Waals surface area contributed by atoms with E-state index in [-0.39, 0.29) is 23.5 Å². The van der Waals surface area contributed by atoms with Crippen molar-refractivity contribution in [3.05, 3.63) is 58.3 Å². The highest BCUT2D eigenvalue weighted by molar-refractivity contribution is 7.89. The second-order valence-corrected chi connectivity index (χ2v) is 9.12. The van der Waals surface area contributed by atoms with Crippen molar-refractivity contribution in [3.8, 4) is 10.6 Å². The molecule has 28 heavy (non-hydrogen) atoms. The first-order valence-corrected chi connectivity index (χ1v) is 11.1. The molecule has 0 atom stereocenters. The van der Waals surface area contributed by atoms with Gasteiger partial charge < -0.3 is 9.15 Å². The number of aromatic nitrogens is 1. The highest BCUT2D eigenvalue weighted by atomic mass is 35.5. The molecule has 146 valence electrons. The van der Waals surface area contributed by atoms with E-state index in [0.29, 0.717) is 15.7 Å². The monoisotopic (exact) mass is 438 g/mol. The predicted octanol–water partition coefficient (Wildman–Crippen LogP) is 3.85. The number of carbonyl (C=O) groups excluding carboxylic acids is 1. The van der Waals surface area contributed by atoms with Crippen LogP contribution in [0.4, 0.5) is 0 Å². The van der Waals surface area contributed by atoms with Crippen molar-refractivity contribution in [2.24, 2.45) is 0 Å². The zero-order chi connectivity index (χ0) is 19.7. The quantitative estimate of drug-likeness (QED) is 0.562. The third-order valence-electron chi connectivity index (χ3n) is 3.95. The number of ether oxygens (including phenoxy) is 1. The fourth-order valence-electron chi connectivity index (χ4n) is 2.40. The Morgan fingerprint density at radius 1 is 1.29 bits per heavy atom. The highest BCUT2D eigenvalue weighted by Crippen LogP contribution is 2.30. The van der Waals surface area contributed by atoms with E-state index in [4.69, 9.17) is 20.8 Å². The Morgan fingerprint density at radius 2 is 2.07 bits per heavy atom. The van der Waals surface area contributed by atoms with Crippen LogP contribution < -0.4 is 4.72 Å². The Bertz CT molecular complexity index is 1120. The van der Waals surface area contributed by atoms with E-state index in [9.17, 15) is 13.2 Å². The van der Waals surface area contributed by atoms with Crippen molar-refractivity contribution in [3.63, 3.8) is 0 Å². The normalized spacial score (nSPS) is 14.2. The molecule has 0 saturated heterocycles. The molecular weight excluding hydrogens is 424 g/mol. The lowest BCUT2D eigenvalue weighted by molar-refractivity contribution is 0.0426. The fourth-order valence-corrected chi connectivity index (χ4v) is 4.76. The van der Waals surface area contributed by atoms with Crippen LogP contribution in [0.15, 0.2) is 51.3 Å². The van der Waals surface area contributed by atoms with Gasteiger partial charge in [-0.3, -0.25) is 0 Å². The number of sulfonamides is 1. The molecule has 4 rings (SSSR count). The van der Waals surface area contributed by atoms with E-state index in [0.717, 1.165) is 18.4 Å². The van der Waals surface area contributed by atoms with E-state index in [2.05, 4.69) is 9.71 Å². The number of rotatable bonds is 7. The van der Waals surface area contributed by atoms with Crippen LogP contribution >= 0.6 is 22.9 Å². The minimum absolute atomic E-state index is 0.0533. The van der Waals surface area contributed by atoms with Gasteiger partial charge in [0.05, 0.1) is 10.7 Å². The van der Waals surface area contributed by atoms with Gasteiger partial charge in [-0.2, -0.15) is 0 Å².